The summed E-state index contributed by atoms with van der Waals surface area (Å²) >= 11 is 6.78. The first-order chi connectivity index (χ1) is 18.7. The molecule has 0 saturated carbocycles. The van der Waals surface area contributed by atoms with Crippen LogP contribution in [0.5, 0.6) is 23.0 Å². The van der Waals surface area contributed by atoms with Gasteiger partial charge in [-0.05, 0) is 58.5 Å². The third-order valence-electron chi connectivity index (χ3n) is 7.52. The molecule has 2 aliphatic heterocycles. The van der Waals surface area contributed by atoms with Crippen molar-refractivity contribution >= 4 is 44.5 Å². The van der Waals surface area contributed by atoms with Gasteiger partial charge < -0.3 is 9.47 Å². The Morgan fingerprint density at radius 3 is 2.18 bits per heavy atom. The molecule has 8 rings (SSSR count). The lowest BCUT2D eigenvalue weighted by atomic mass is 9.98. The maximum atomic E-state index is 6.93. The van der Waals surface area contributed by atoms with Crippen LogP contribution in [0.4, 0.5) is 0 Å². The van der Waals surface area contributed by atoms with Crippen molar-refractivity contribution in [3.05, 3.63) is 127 Å². The molecule has 6 aromatic rings. The van der Waals surface area contributed by atoms with Crippen molar-refractivity contribution in [2.75, 3.05) is 0 Å². The molecule has 0 radical (unpaired) electrons. The molecular weight excluding hydrogens is 503 g/mol. The number of rotatable bonds is 2. The van der Waals surface area contributed by atoms with Gasteiger partial charge in [-0.3, -0.25) is 0 Å². The Kier molecular flexibility index (Phi) is 4.70. The topological polar surface area (TPSA) is 18.5 Å². The largest absolute Gasteiger partial charge is 0.456 e. The average Bonchev–Trinajstić information content (AvgIpc) is 2.98. The average molecular weight is 525 g/mol. The lowest BCUT2D eigenvalue weighted by Gasteiger charge is -2.38. The van der Waals surface area contributed by atoms with Gasteiger partial charge in [0.05, 0.1) is 11.3 Å². The Morgan fingerprint density at radius 2 is 1.26 bits per heavy atom. The second-order valence-corrected chi connectivity index (χ2v) is 13.9. The number of para-hydroxylation sites is 1. The molecule has 38 heavy (non-hydrogen) atoms. The van der Waals surface area contributed by atoms with E-state index in [1.165, 1.54) is 5.56 Å². The van der Waals surface area contributed by atoms with Crippen LogP contribution in [-0.2, 0) is 11.8 Å². The zero-order valence-electron chi connectivity index (χ0n) is 20.3. The summed E-state index contributed by atoms with van der Waals surface area (Å²) in [6.07, 6.45) is 0. The molecular formula is C34H21O2PS. The highest BCUT2D eigenvalue weighted by atomic mass is 32.4. The van der Waals surface area contributed by atoms with Crippen LogP contribution in [0.3, 0.4) is 0 Å². The molecule has 2 nitrogen and oxygen atoms in total. The normalized spacial score (nSPS) is 16.5. The lowest BCUT2D eigenvalue weighted by molar-refractivity contribution is 0.470. The van der Waals surface area contributed by atoms with Crippen molar-refractivity contribution in [1.29, 1.82) is 0 Å². The number of hydrogen-bond donors (Lipinski definition) is 0. The van der Waals surface area contributed by atoms with Gasteiger partial charge in [0.15, 0.2) is 0 Å². The van der Waals surface area contributed by atoms with E-state index in [1.54, 1.807) is 0 Å². The molecule has 0 saturated heterocycles. The monoisotopic (exact) mass is 524 g/mol. The maximum absolute atomic E-state index is 6.93. The van der Waals surface area contributed by atoms with Crippen LogP contribution in [0.2, 0.25) is 0 Å². The van der Waals surface area contributed by atoms with Crippen molar-refractivity contribution in [2.45, 2.75) is 0 Å². The minimum atomic E-state index is -2.45. The molecule has 0 spiro atoms. The predicted octanol–water partition coefficient (Wildman–Crippen LogP) is 8.14. The third kappa shape index (κ3) is 3.04. The molecule has 4 heteroatoms. The standard InChI is InChI=1S/C34H21O2PS/c38-37-30-16-7-6-15-28(30)35-29-19-18-27(25-13-8-12-24(21-25)22-9-2-1-3-10-22)33(34(29)37)36-32-26-14-5-4-11-23(26)17-20-31(32)37/h1-21H. The van der Waals surface area contributed by atoms with E-state index in [0.717, 1.165) is 66.4 Å². The Morgan fingerprint density at radius 1 is 0.500 bits per heavy atom. The molecule has 2 heterocycles. The Labute approximate surface area is 226 Å². The molecule has 0 bridgehead atoms. The van der Waals surface area contributed by atoms with Gasteiger partial charge in [-0.2, -0.15) is 0 Å². The summed E-state index contributed by atoms with van der Waals surface area (Å²) in [5, 5.41) is 5.40. The summed E-state index contributed by atoms with van der Waals surface area (Å²) in [6, 6.07) is 41.8. The van der Waals surface area contributed by atoms with Gasteiger partial charge >= 0.3 is 0 Å². The summed E-state index contributed by atoms with van der Waals surface area (Å²) in [6.45, 7) is 0. The van der Waals surface area contributed by atoms with Gasteiger partial charge in [-0.15, -0.1) is 0 Å². The summed E-state index contributed by atoms with van der Waals surface area (Å²) in [5.74, 6) is 3.32. The van der Waals surface area contributed by atoms with Crippen LogP contribution in [-0.4, -0.2) is 0 Å². The van der Waals surface area contributed by atoms with Gasteiger partial charge in [-0.1, -0.05) is 103 Å². The van der Waals surface area contributed by atoms with E-state index in [0.29, 0.717) is 0 Å². The van der Waals surface area contributed by atoms with Crippen molar-refractivity contribution in [2.24, 2.45) is 0 Å². The summed E-state index contributed by atoms with van der Waals surface area (Å²) in [5.41, 5.74) is 4.46. The first kappa shape index (κ1) is 21.9. The van der Waals surface area contributed by atoms with E-state index in [1.807, 2.05) is 18.2 Å². The Hall–Kier alpha value is -4.17. The highest BCUT2D eigenvalue weighted by Crippen LogP contribution is 2.60. The van der Waals surface area contributed by atoms with Crippen LogP contribution in [0.25, 0.3) is 33.0 Å². The van der Waals surface area contributed by atoms with Crippen molar-refractivity contribution in [3.8, 4) is 45.3 Å². The molecule has 1 unspecified atom stereocenters. The second-order valence-electron chi connectivity index (χ2n) is 9.65. The SMILES string of the molecule is S=P12c3ccccc3Oc3ccc(-c4cccc(-c5ccccc5)c4)c(c31)Oc1c2ccc2ccccc12. The zero-order valence-corrected chi connectivity index (χ0v) is 22.0. The molecule has 0 N–H and O–H groups in total. The molecule has 1 atom stereocenters. The van der Waals surface area contributed by atoms with E-state index in [-0.39, 0.29) is 0 Å². The minimum Gasteiger partial charge on any atom is -0.456 e. The number of benzene rings is 6. The van der Waals surface area contributed by atoms with E-state index < -0.39 is 6.04 Å². The summed E-state index contributed by atoms with van der Waals surface area (Å²) in [4.78, 5) is 0. The quantitative estimate of drug-likeness (QED) is 0.213. The number of fused-ring (bicyclic) bond motifs is 6. The third-order valence-corrected chi connectivity index (χ3v) is 12.4. The Balaban J connectivity index is 1.44. The fraction of sp³-hybridized carbons (Fsp3) is 0. The smallest absolute Gasteiger partial charge is 0.148 e. The fourth-order valence-electron chi connectivity index (χ4n) is 5.74. The van der Waals surface area contributed by atoms with E-state index in [9.17, 15) is 0 Å². The Bertz CT molecular complexity index is 1960. The molecule has 180 valence electrons. The summed E-state index contributed by atoms with van der Waals surface area (Å²) in [7, 11) is 0. The minimum absolute atomic E-state index is 0.795. The predicted molar refractivity (Wildman–Crippen MR) is 161 cm³/mol. The van der Waals surface area contributed by atoms with Gasteiger partial charge in [0, 0.05) is 21.6 Å². The molecule has 0 aromatic heterocycles. The molecule has 0 aliphatic carbocycles. The molecule has 0 fully saturated rings. The van der Waals surface area contributed by atoms with Crippen molar-refractivity contribution in [3.63, 3.8) is 0 Å². The highest BCUT2D eigenvalue weighted by Gasteiger charge is 2.44. The first-order valence-corrected chi connectivity index (χ1v) is 15.4. The summed E-state index contributed by atoms with van der Waals surface area (Å²) < 4.78 is 13.4. The number of hydrogen-bond acceptors (Lipinski definition) is 3. The molecule has 6 aromatic carbocycles. The number of ether oxygens (including phenoxy) is 2. The highest BCUT2D eigenvalue weighted by molar-refractivity contribution is 8.26. The van der Waals surface area contributed by atoms with E-state index >= 15 is 0 Å². The maximum Gasteiger partial charge on any atom is 0.148 e. The van der Waals surface area contributed by atoms with Gasteiger partial charge in [0.25, 0.3) is 0 Å². The van der Waals surface area contributed by atoms with Crippen LogP contribution in [0.15, 0.2) is 127 Å². The van der Waals surface area contributed by atoms with Gasteiger partial charge in [0.2, 0.25) is 0 Å². The van der Waals surface area contributed by atoms with Crippen LogP contribution in [0, 0.1) is 0 Å². The fourth-order valence-corrected chi connectivity index (χ4v) is 10.2. The van der Waals surface area contributed by atoms with Crippen LogP contribution < -0.4 is 25.4 Å². The second kappa shape index (κ2) is 8.16. The van der Waals surface area contributed by atoms with Crippen molar-refractivity contribution < 1.29 is 9.47 Å². The molecule has 2 aliphatic rings. The van der Waals surface area contributed by atoms with Crippen LogP contribution >= 0.6 is 6.04 Å². The molecule has 0 amide bonds. The lowest BCUT2D eigenvalue weighted by Crippen LogP contribution is -2.35. The van der Waals surface area contributed by atoms with Crippen molar-refractivity contribution in [1.82, 2.24) is 0 Å². The van der Waals surface area contributed by atoms with E-state index in [2.05, 4.69) is 109 Å². The van der Waals surface area contributed by atoms with E-state index in [4.69, 9.17) is 21.3 Å². The zero-order chi connectivity index (χ0) is 25.3. The van der Waals surface area contributed by atoms with Gasteiger partial charge in [-0.25, -0.2) is 0 Å². The van der Waals surface area contributed by atoms with Gasteiger partial charge in [0.1, 0.15) is 23.0 Å². The van der Waals surface area contributed by atoms with Crippen LogP contribution in [0.1, 0.15) is 0 Å². The first-order valence-electron chi connectivity index (χ1n) is 12.6.